The number of hydrogen-bond acceptors (Lipinski definition) is 5. The van der Waals surface area contributed by atoms with Gasteiger partial charge in [-0.15, -0.1) is 11.3 Å². The molecule has 6 nitrogen and oxygen atoms in total. The normalized spacial score (nSPS) is 26.0. The fraction of sp³-hybridized carbons (Fsp3) is 0.647. The van der Waals surface area contributed by atoms with Gasteiger partial charge in [0.2, 0.25) is 5.91 Å². The molecule has 0 spiro atoms. The zero-order valence-electron chi connectivity index (χ0n) is 14.3. The van der Waals surface area contributed by atoms with Gasteiger partial charge in [0.15, 0.2) is 0 Å². The Balaban J connectivity index is 1.69. The molecule has 0 aliphatic carbocycles. The Bertz CT molecular complexity index is 618. The highest BCUT2D eigenvalue weighted by atomic mass is 32.1. The average Bonchev–Trinajstić information content (AvgIpc) is 2.82. The van der Waals surface area contributed by atoms with E-state index in [2.05, 4.69) is 28.9 Å². The van der Waals surface area contributed by atoms with E-state index in [1.54, 1.807) is 4.90 Å². The van der Waals surface area contributed by atoms with Gasteiger partial charge in [-0.2, -0.15) is 0 Å². The van der Waals surface area contributed by atoms with Crippen LogP contribution in [-0.2, 0) is 16.1 Å². The zero-order valence-corrected chi connectivity index (χ0v) is 15.1. The molecule has 2 aliphatic heterocycles. The van der Waals surface area contributed by atoms with Crippen LogP contribution in [0.15, 0.2) is 12.1 Å². The second-order valence-corrected chi connectivity index (χ2v) is 8.23. The molecule has 0 aromatic carbocycles. The molecule has 2 atom stereocenters. The third-order valence-corrected chi connectivity index (χ3v) is 5.97. The van der Waals surface area contributed by atoms with Crippen LogP contribution in [0.3, 0.4) is 0 Å². The number of carboxylic acids is 1. The number of piperazine rings is 1. The highest BCUT2D eigenvalue weighted by Crippen LogP contribution is 2.22. The molecule has 7 heteroatoms. The van der Waals surface area contributed by atoms with Crippen LogP contribution in [-0.4, -0.2) is 77.0 Å². The molecular formula is C17H25N3O3S. The molecular weight excluding hydrogens is 326 g/mol. The summed E-state index contributed by atoms with van der Waals surface area (Å²) in [4.78, 5) is 32.4. The summed E-state index contributed by atoms with van der Waals surface area (Å²) in [6.45, 7) is 8.76. The van der Waals surface area contributed by atoms with Gasteiger partial charge in [-0.1, -0.05) is 0 Å². The van der Waals surface area contributed by atoms with Gasteiger partial charge in [-0.05, 0) is 19.1 Å². The van der Waals surface area contributed by atoms with Crippen molar-refractivity contribution in [3.8, 4) is 0 Å². The Morgan fingerprint density at radius 1 is 1.21 bits per heavy atom. The molecule has 0 radical (unpaired) electrons. The Kier molecular flexibility index (Phi) is 5.22. The first-order valence-electron chi connectivity index (χ1n) is 8.42. The zero-order chi connectivity index (χ0) is 17.3. The van der Waals surface area contributed by atoms with Crippen molar-refractivity contribution in [2.45, 2.75) is 26.4 Å². The lowest BCUT2D eigenvalue weighted by Gasteiger charge is -2.41. The van der Waals surface area contributed by atoms with Crippen LogP contribution in [0.1, 0.15) is 16.7 Å². The van der Waals surface area contributed by atoms with Crippen molar-refractivity contribution in [3.63, 3.8) is 0 Å². The molecule has 1 aromatic heterocycles. The van der Waals surface area contributed by atoms with Gasteiger partial charge < -0.3 is 10.0 Å². The van der Waals surface area contributed by atoms with E-state index in [9.17, 15) is 14.7 Å². The minimum absolute atomic E-state index is 0.0332. The lowest BCUT2D eigenvalue weighted by atomic mass is 10.1. The first-order chi connectivity index (χ1) is 11.4. The van der Waals surface area contributed by atoms with Gasteiger partial charge in [-0.25, -0.2) is 0 Å². The van der Waals surface area contributed by atoms with E-state index in [0.29, 0.717) is 19.6 Å². The molecule has 1 N–H and O–H groups in total. The second kappa shape index (κ2) is 7.21. The number of rotatable bonds is 3. The van der Waals surface area contributed by atoms with Crippen LogP contribution in [0.2, 0.25) is 0 Å². The first kappa shape index (κ1) is 17.4. The van der Waals surface area contributed by atoms with Crippen molar-refractivity contribution >= 4 is 23.2 Å². The standard InChI is InChI=1S/C17H25N3O3S/c1-12-3-4-16(24-12)11-18-5-6-19-7-14(17(22)23)8-20(13(2)21)10-15(19)9-18/h3-4,14-15H,5-11H2,1-2H3,(H,22,23)/t14-,15-/m1/s1. The molecule has 3 heterocycles. The van der Waals surface area contributed by atoms with Crippen LogP contribution >= 0.6 is 11.3 Å². The number of carboxylic acid groups (broad SMARTS) is 1. The third-order valence-electron chi connectivity index (χ3n) is 4.99. The van der Waals surface area contributed by atoms with Crippen LogP contribution in [0.5, 0.6) is 0 Å². The van der Waals surface area contributed by atoms with Crippen LogP contribution < -0.4 is 0 Å². The van der Waals surface area contributed by atoms with E-state index < -0.39 is 11.9 Å². The molecule has 0 unspecified atom stereocenters. The van der Waals surface area contributed by atoms with Gasteiger partial charge in [-0.3, -0.25) is 19.4 Å². The summed E-state index contributed by atoms with van der Waals surface area (Å²) >= 11 is 1.83. The van der Waals surface area contributed by atoms with E-state index in [1.165, 1.54) is 16.7 Å². The first-order valence-corrected chi connectivity index (χ1v) is 9.24. The summed E-state index contributed by atoms with van der Waals surface area (Å²) in [5, 5.41) is 9.43. The van der Waals surface area contributed by atoms with Gasteiger partial charge in [0.05, 0.1) is 5.92 Å². The summed E-state index contributed by atoms with van der Waals surface area (Å²) in [6, 6.07) is 4.55. The number of nitrogens with zero attached hydrogens (tertiary/aromatic N) is 3. The summed E-state index contributed by atoms with van der Waals surface area (Å²) in [7, 11) is 0. The van der Waals surface area contributed by atoms with Gasteiger partial charge in [0.25, 0.3) is 0 Å². The van der Waals surface area contributed by atoms with Crippen molar-refractivity contribution in [3.05, 3.63) is 21.9 Å². The van der Waals surface area contributed by atoms with Crippen molar-refractivity contribution in [1.29, 1.82) is 0 Å². The SMILES string of the molecule is CC(=O)N1C[C@H](C(=O)O)CN2CCN(Cc3ccc(C)s3)C[C@@H]2C1. The minimum Gasteiger partial charge on any atom is -0.481 e. The lowest BCUT2D eigenvalue weighted by molar-refractivity contribution is -0.143. The average molecular weight is 351 g/mol. The van der Waals surface area contributed by atoms with E-state index in [1.807, 2.05) is 11.3 Å². The topological polar surface area (TPSA) is 64.1 Å². The highest BCUT2D eigenvalue weighted by molar-refractivity contribution is 7.11. The number of amides is 1. The predicted molar refractivity (Wildman–Crippen MR) is 93.1 cm³/mol. The third kappa shape index (κ3) is 3.96. The number of aryl methyl sites for hydroxylation is 1. The number of thiophene rings is 1. The Morgan fingerprint density at radius 3 is 2.62 bits per heavy atom. The molecule has 2 aliphatic rings. The summed E-state index contributed by atoms with van der Waals surface area (Å²) in [5.74, 6) is -1.34. The number of aliphatic carboxylic acids is 1. The van der Waals surface area contributed by atoms with Crippen molar-refractivity contribution in [2.75, 3.05) is 39.3 Å². The van der Waals surface area contributed by atoms with E-state index >= 15 is 0 Å². The molecule has 2 saturated heterocycles. The Labute approximate surface area is 146 Å². The van der Waals surface area contributed by atoms with Gasteiger partial charge >= 0.3 is 5.97 Å². The monoisotopic (exact) mass is 351 g/mol. The number of fused-ring (bicyclic) bond motifs is 1. The Morgan fingerprint density at radius 2 is 2.00 bits per heavy atom. The number of carbonyl (C=O) groups is 2. The van der Waals surface area contributed by atoms with Crippen molar-refractivity contribution < 1.29 is 14.7 Å². The largest absolute Gasteiger partial charge is 0.481 e. The predicted octanol–water partition coefficient (Wildman–Crippen LogP) is 1.11. The summed E-state index contributed by atoms with van der Waals surface area (Å²) < 4.78 is 0. The Hall–Kier alpha value is -1.44. The van der Waals surface area contributed by atoms with E-state index in [4.69, 9.17) is 0 Å². The van der Waals surface area contributed by atoms with Crippen molar-refractivity contribution in [1.82, 2.24) is 14.7 Å². The maximum Gasteiger partial charge on any atom is 0.309 e. The number of carbonyl (C=O) groups excluding carboxylic acids is 1. The second-order valence-electron chi connectivity index (χ2n) is 6.86. The quantitative estimate of drug-likeness (QED) is 0.884. The highest BCUT2D eigenvalue weighted by Gasteiger charge is 2.37. The van der Waals surface area contributed by atoms with Crippen molar-refractivity contribution in [2.24, 2.45) is 5.92 Å². The molecule has 0 bridgehead atoms. The van der Waals surface area contributed by atoms with Gasteiger partial charge in [0, 0.05) is 68.5 Å². The summed E-state index contributed by atoms with van der Waals surface area (Å²) in [5.41, 5.74) is 0. The molecule has 1 aromatic rings. The maximum absolute atomic E-state index is 11.9. The summed E-state index contributed by atoms with van der Waals surface area (Å²) in [6.07, 6.45) is 0. The van der Waals surface area contributed by atoms with E-state index in [-0.39, 0.29) is 11.9 Å². The fourth-order valence-corrected chi connectivity index (χ4v) is 4.59. The van der Waals surface area contributed by atoms with Crippen LogP contribution in [0.4, 0.5) is 0 Å². The van der Waals surface area contributed by atoms with Crippen LogP contribution in [0, 0.1) is 12.8 Å². The molecule has 3 rings (SSSR count). The molecule has 1 amide bonds. The minimum atomic E-state index is -0.807. The molecule has 2 fully saturated rings. The smallest absolute Gasteiger partial charge is 0.309 e. The number of hydrogen-bond donors (Lipinski definition) is 1. The van der Waals surface area contributed by atoms with Gasteiger partial charge in [0.1, 0.15) is 0 Å². The van der Waals surface area contributed by atoms with E-state index in [0.717, 1.165) is 26.2 Å². The molecule has 0 saturated carbocycles. The molecule has 24 heavy (non-hydrogen) atoms. The maximum atomic E-state index is 11.9. The van der Waals surface area contributed by atoms with Crippen LogP contribution in [0.25, 0.3) is 0 Å². The fourth-order valence-electron chi connectivity index (χ4n) is 3.65. The molecule has 132 valence electrons. The lowest BCUT2D eigenvalue weighted by Crippen LogP contribution is -2.55.